The maximum atomic E-state index is 12.5. The molecular formula is C16H24ClN3O. The van der Waals surface area contributed by atoms with E-state index in [0.717, 1.165) is 25.2 Å². The summed E-state index contributed by atoms with van der Waals surface area (Å²) in [5.74, 6) is 0.648. The van der Waals surface area contributed by atoms with Gasteiger partial charge in [0.05, 0.1) is 0 Å². The van der Waals surface area contributed by atoms with Crippen molar-refractivity contribution in [2.24, 2.45) is 5.92 Å². The minimum absolute atomic E-state index is 0.0531. The fourth-order valence-electron chi connectivity index (χ4n) is 2.76. The number of amides is 1. The van der Waals surface area contributed by atoms with Crippen LogP contribution in [0.15, 0.2) is 12.1 Å². The van der Waals surface area contributed by atoms with Crippen LogP contribution in [0.25, 0.3) is 0 Å². The van der Waals surface area contributed by atoms with E-state index in [1.54, 1.807) is 6.07 Å². The molecule has 1 aromatic rings. The van der Waals surface area contributed by atoms with Crippen molar-refractivity contribution >= 4 is 17.5 Å². The minimum atomic E-state index is -0.0531. The molecule has 21 heavy (non-hydrogen) atoms. The molecule has 116 valence electrons. The predicted molar refractivity (Wildman–Crippen MR) is 85.9 cm³/mol. The average Bonchev–Trinajstić information content (AvgIpc) is 2.41. The zero-order valence-electron chi connectivity index (χ0n) is 13.2. The third-order valence-corrected chi connectivity index (χ3v) is 4.29. The summed E-state index contributed by atoms with van der Waals surface area (Å²) in [7, 11) is 2.12. The van der Waals surface area contributed by atoms with E-state index in [4.69, 9.17) is 11.6 Å². The molecule has 1 aliphatic rings. The Morgan fingerprint density at radius 3 is 2.81 bits per heavy atom. The summed E-state index contributed by atoms with van der Waals surface area (Å²) in [5, 5.41) is 3.52. The highest BCUT2D eigenvalue weighted by atomic mass is 35.5. The first kappa shape index (κ1) is 16.2. The van der Waals surface area contributed by atoms with Gasteiger partial charge in [-0.2, -0.15) is 0 Å². The van der Waals surface area contributed by atoms with Gasteiger partial charge in [-0.1, -0.05) is 32.4 Å². The van der Waals surface area contributed by atoms with Gasteiger partial charge in [-0.25, -0.2) is 4.98 Å². The van der Waals surface area contributed by atoms with Crippen LogP contribution in [0, 0.1) is 5.92 Å². The molecule has 1 amide bonds. The molecule has 2 rings (SSSR count). The van der Waals surface area contributed by atoms with Crippen molar-refractivity contribution in [2.45, 2.75) is 39.2 Å². The van der Waals surface area contributed by atoms with Crippen molar-refractivity contribution in [3.8, 4) is 0 Å². The molecule has 0 spiro atoms. The molecule has 0 bridgehead atoms. The van der Waals surface area contributed by atoms with Crippen LogP contribution in [0.3, 0.4) is 0 Å². The molecule has 2 unspecified atom stereocenters. The summed E-state index contributed by atoms with van der Waals surface area (Å²) in [5.41, 5.74) is 1.45. The number of carbonyl (C=O) groups is 1. The van der Waals surface area contributed by atoms with Crippen LogP contribution in [0.4, 0.5) is 0 Å². The Bertz CT molecular complexity index is 518. The van der Waals surface area contributed by atoms with Crippen molar-refractivity contribution in [3.63, 3.8) is 0 Å². The molecule has 5 heteroatoms. The van der Waals surface area contributed by atoms with Gasteiger partial charge in [0.1, 0.15) is 5.15 Å². The van der Waals surface area contributed by atoms with E-state index in [2.05, 4.69) is 29.2 Å². The van der Waals surface area contributed by atoms with Gasteiger partial charge in [-0.15, -0.1) is 0 Å². The van der Waals surface area contributed by atoms with E-state index < -0.39 is 0 Å². The number of nitrogens with zero attached hydrogens (tertiary/aromatic N) is 2. The topological polar surface area (TPSA) is 45.2 Å². The molecule has 1 N–H and O–H groups in total. The second-order valence-electron chi connectivity index (χ2n) is 6.37. The van der Waals surface area contributed by atoms with Gasteiger partial charge >= 0.3 is 0 Å². The fourth-order valence-corrected chi connectivity index (χ4v) is 2.98. The lowest BCUT2D eigenvalue weighted by Crippen LogP contribution is -2.48. The van der Waals surface area contributed by atoms with Crippen LogP contribution in [0.1, 0.15) is 49.2 Å². The van der Waals surface area contributed by atoms with Crippen LogP contribution in [-0.2, 0) is 0 Å². The second-order valence-corrected chi connectivity index (χ2v) is 6.75. The molecule has 0 radical (unpaired) electrons. The standard InChI is InChI=1S/C16H24ClN3O/c1-10(2)14-7-12(8-15(17)18-14)16(21)19-13-5-6-20(4)9-11(13)3/h7-8,10-11,13H,5-6,9H2,1-4H3,(H,19,21). The Balaban J connectivity index is 2.10. The van der Waals surface area contributed by atoms with Gasteiger partial charge in [-0.3, -0.25) is 4.79 Å². The second kappa shape index (κ2) is 6.75. The zero-order chi connectivity index (χ0) is 15.6. The number of hydrogen-bond acceptors (Lipinski definition) is 3. The Labute approximate surface area is 131 Å². The lowest BCUT2D eigenvalue weighted by atomic mass is 9.94. The maximum Gasteiger partial charge on any atom is 0.251 e. The molecule has 2 heterocycles. The smallest absolute Gasteiger partial charge is 0.251 e. The Morgan fingerprint density at radius 1 is 1.48 bits per heavy atom. The maximum absolute atomic E-state index is 12.5. The third-order valence-electron chi connectivity index (χ3n) is 4.09. The fraction of sp³-hybridized carbons (Fsp3) is 0.625. The largest absolute Gasteiger partial charge is 0.349 e. The molecule has 0 saturated carbocycles. The number of carbonyl (C=O) groups excluding carboxylic acids is 1. The first-order chi connectivity index (χ1) is 9.86. The van der Waals surface area contributed by atoms with Gasteiger partial charge in [0.15, 0.2) is 0 Å². The lowest BCUT2D eigenvalue weighted by molar-refractivity contribution is 0.0883. The molecule has 4 nitrogen and oxygen atoms in total. The summed E-state index contributed by atoms with van der Waals surface area (Å²) < 4.78 is 0. The molecule has 1 fully saturated rings. The van der Waals surface area contributed by atoms with Crippen LogP contribution in [-0.4, -0.2) is 42.0 Å². The average molecular weight is 310 g/mol. The summed E-state index contributed by atoms with van der Waals surface area (Å²) in [4.78, 5) is 19.0. The number of halogens is 1. The van der Waals surface area contributed by atoms with E-state index in [1.165, 1.54) is 0 Å². The Kier molecular flexibility index (Phi) is 5.22. The van der Waals surface area contributed by atoms with Crippen molar-refractivity contribution in [1.29, 1.82) is 0 Å². The summed E-state index contributed by atoms with van der Waals surface area (Å²) >= 11 is 6.03. The Hall–Kier alpha value is -1.13. The summed E-state index contributed by atoms with van der Waals surface area (Å²) in [6, 6.07) is 3.71. The van der Waals surface area contributed by atoms with E-state index >= 15 is 0 Å². The Morgan fingerprint density at radius 2 is 2.19 bits per heavy atom. The van der Waals surface area contributed by atoms with E-state index in [9.17, 15) is 4.79 Å². The number of piperidine rings is 1. The number of likely N-dealkylation sites (tertiary alicyclic amines) is 1. The predicted octanol–water partition coefficient (Wildman–Crippen LogP) is 2.93. The van der Waals surface area contributed by atoms with E-state index in [1.807, 2.05) is 19.9 Å². The van der Waals surface area contributed by atoms with Crippen LogP contribution >= 0.6 is 11.6 Å². The van der Waals surface area contributed by atoms with E-state index in [0.29, 0.717) is 16.6 Å². The number of nitrogens with one attached hydrogen (secondary N) is 1. The molecule has 1 saturated heterocycles. The minimum Gasteiger partial charge on any atom is -0.349 e. The highest BCUT2D eigenvalue weighted by molar-refractivity contribution is 6.29. The highest BCUT2D eigenvalue weighted by Crippen LogP contribution is 2.19. The van der Waals surface area contributed by atoms with Crippen LogP contribution in [0.5, 0.6) is 0 Å². The summed E-state index contributed by atoms with van der Waals surface area (Å²) in [6.07, 6.45) is 0.985. The van der Waals surface area contributed by atoms with Crippen molar-refractivity contribution in [2.75, 3.05) is 20.1 Å². The molecule has 0 aliphatic carbocycles. The first-order valence-corrected chi connectivity index (χ1v) is 7.91. The van der Waals surface area contributed by atoms with Gasteiger partial charge < -0.3 is 10.2 Å². The normalized spacial score (nSPS) is 23.3. The monoisotopic (exact) mass is 309 g/mol. The van der Waals surface area contributed by atoms with E-state index in [-0.39, 0.29) is 17.9 Å². The first-order valence-electron chi connectivity index (χ1n) is 7.53. The number of aromatic nitrogens is 1. The summed E-state index contributed by atoms with van der Waals surface area (Å²) in [6.45, 7) is 8.29. The number of rotatable bonds is 3. The third kappa shape index (κ3) is 4.17. The quantitative estimate of drug-likeness (QED) is 0.873. The van der Waals surface area contributed by atoms with Crippen LogP contribution in [0.2, 0.25) is 5.15 Å². The van der Waals surface area contributed by atoms with Crippen molar-refractivity contribution in [1.82, 2.24) is 15.2 Å². The van der Waals surface area contributed by atoms with Gasteiger partial charge in [0, 0.05) is 23.8 Å². The SMILES string of the molecule is CC(C)c1cc(C(=O)NC2CCN(C)CC2C)cc(Cl)n1. The van der Waals surface area contributed by atoms with Gasteiger partial charge in [0.25, 0.3) is 5.91 Å². The molecule has 1 aromatic heterocycles. The number of pyridine rings is 1. The van der Waals surface area contributed by atoms with Crippen LogP contribution < -0.4 is 5.32 Å². The molecule has 1 aliphatic heterocycles. The number of hydrogen-bond donors (Lipinski definition) is 1. The van der Waals surface area contributed by atoms with Gasteiger partial charge in [0.2, 0.25) is 0 Å². The van der Waals surface area contributed by atoms with Gasteiger partial charge in [-0.05, 0) is 44.0 Å². The molecular weight excluding hydrogens is 286 g/mol. The lowest BCUT2D eigenvalue weighted by Gasteiger charge is -2.35. The molecule has 2 atom stereocenters. The molecule has 0 aromatic carbocycles. The van der Waals surface area contributed by atoms with Crippen molar-refractivity contribution in [3.05, 3.63) is 28.5 Å². The van der Waals surface area contributed by atoms with Crippen molar-refractivity contribution < 1.29 is 4.79 Å². The highest BCUT2D eigenvalue weighted by Gasteiger charge is 2.26. The zero-order valence-corrected chi connectivity index (χ0v) is 13.9.